The third kappa shape index (κ3) is 3.95. The Balaban J connectivity index is 2.27. The summed E-state index contributed by atoms with van der Waals surface area (Å²) in [6.45, 7) is 0. The third-order valence-corrected chi connectivity index (χ3v) is 4.26. The van der Waals surface area contributed by atoms with Crippen LogP contribution in [0.3, 0.4) is 0 Å². The van der Waals surface area contributed by atoms with Gasteiger partial charge in [0.15, 0.2) is 0 Å². The fraction of sp³-hybridized carbons (Fsp3) is 0.133. The standard InChI is InChI=1S/C15H12F2O3S/c16-12-5-6-13(17)14(8-12)21(20)9-11-4-2-1-3-10(11)7-15(18)19/h1-6,8H,7,9H2,(H,18,19). The number of halogens is 2. The fourth-order valence-corrected chi connectivity index (χ4v) is 3.15. The van der Waals surface area contributed by atoms with Gasteiger partial charge in [0.1, 0.15) is 11.6 Å². The third-order valence-electron chi connectivity index (χ3n) is 2.89. The number of carboxylic acid groups (broad SMARTS) is 1. The summed E-state index contributed by atoms with van der Waals surface area (Å²) in [6, 6.07) is 9.37. The van der Waals surface area contributed by atoms with E-state index in [2.05, 4.69) is 0 Å². The molecule has 1 unspecified atom stereocenters. The van der Waals surface area contributed by atoms with Crippen LogP contribution < -0.4 is 0 Å². The summed E-state index contributed by atoms with van der Waals surface area (Å²) >= 11 is 0. The number of carbonyl (C=O) groups is 1. The van der Waals surface area contributed by atoms with Gasteiger partial charge in [-0.2, -0.15) is 0 Å². The molecule has 1 atom stereocenters. The molecule has 0 spiro atoms. The largest absolute Gasteiger partial charge is 0.481 e. The minimum atomic E-state index is -1.79. The lowest BCUT2D eigenvalue weighted by Gasteiger charge is -2.08. The molecule has 6 heteroatoms. The zero-order valence-corrected chi connectivity index (χ0v) is 11.7. The summed E-state index contributed by atoms with van der Waals surface area (Å²) in [7, 11) is -1.79. The van der Waals surface area contributed by atoms with Crippen molar-refractivity contribution in [2.45, 2.75) is 17.1 Å². The number of hydrogen-bond acceptors (Lipinski definition) is 2. The molecule has 0 fully saturated rings. The number of carboxylic acids is 1. The van der Waals surface area contributed by atoms with E-state index in [4.69, 9.17) is 5.11 Å². The number of benzene rings is 2. The van der Waals surface area contributed by atoms with Crippen molar-refractivity contribution >= 4 is 16.8 Å². The van der Waals surface area contributed by atoms with E-state index in [-0.39, 0.29) is 17.1 Å². The molecule has 21 heavy (non-hydrogen) atoms. The van der Waals surface area contributed by atoms with Gasteiger partial charge in [-0.05, 0) is 29.3 Å². The lowest BCUT2D eigenvalue weighted by atomic mass is 10.1. The van der Waals surface area contributed by atoms with E-state index in [0.29, 0.717) is 11.1 Å². The molecule has 1 N–H and O–H groups in total. The van der Waals surface area contributed by atoms with Gasteiger partial charge < -0.3 is 5.11 Å². The van der Waals surface area contributed by atoms with Gasteiger partial charge in [0.25, 0.3) is 0 Å². The first-order chi connectivity index (χ1) is 9.97. The van der Waals surface area contributed by atoms with Crippen LogP contribution >= 0.6 is 0 Å². The Morgan fingerprint density at radius 3 is 2.43 bits per heavy atom. The van der Waals surface area contributed by atoms with Crippen LogP contribution in [0, 0.1) is 11.6 Å². The lowest BCUT2D eigenvalue weighted by Crippen LogP contribution is -2.06. The molecule has 2 aromatic rings. The van der Waals surface area contributed by atoms with E-state index in [1.54, 1.807) is 24.3 Å². The number of aliphatic carboxylic acids is 1. The van der Waals surface area contributed by atoms with Gasteiger partial charge in [0.05, 0.1) is 27.9 Å². The Kier molecular flexibility index (Phi) is 4.80. The fourth-order valence-electron chi connectivity index (χ4n) is 1.90. The highest BCUT2D eigenvalue weighted by Crippen LogP contribution is 2.19. The normalized spacial score (nSPS) is 12.1. The highest BCUT2D eigenvalue weighted by atomic mass is 32.2. The Bertz CT molecular complexity index is 701. The van der Waals surface area contributed by atoms with E-state index >= 15 is 0 Å². The first-order valence-electron chi connectivity index (χ1n) is 6.09. The van der Waals surface area contributed by atoms with Crippen molar-refractivity contribution in [2.75, 3.05) is 0 Å². The Morgan fingerprint density at radius 1 is 1.10 bits per heavy atom. The first-order valence-corrected chi connectivity index (χ1v) is 7.41. The van der Waals surface area contributed by atoms with E-state index in [9.17, 15) is 17.8 Å². The average molecular weight is 310 g/mol. The van der Waals surface area contributed by atoms with Crippen LogP contribution in [0.4, 0.5) is 8.78 Å². The quantitative estimate of drug-likeness (QED) is 0.924. The molecule has 0 amide bonds. The van der Waals surface area contributed by atoms with Gasteiger partial charge in [0, 0.05) is 0 Å². The maximum absolute atomic E-state index is 13.6. The smallest absolute Gasteiger partial charge is 0.307 e. The van der Waals surface area contributed by atoms with Gasteiger partial charge in [-0.25, -0.2) is 8.78 Å². The molecule has 0 heterocycles. The summed E-state index contributed by atoms with van der Waals surface area (Å²) in [5.74, 6) is -2.49. The molecule has 0 radical (unpaired) electrons. The second-order valence-corrected chi connectivity index (χ2v) is 5.82. The van der Waals surface area contributed by atoms with E-state index in [1.807, 2.05) is 0 Å². The van der Waals surface area contributed by atoms with E-state index in [0.717, 1.165) is 18.2 Å². The molecule has 0 bridgehead atoms. The molecule has 0 aliphatic heterocycles. The van der Waals surface area contributed by atoms with E-state index < -0.39 is 28.4 Å². The van der Waals surface area contributed by atoms with Gasteiger partial charge in [0.2, 0.25) is 0 Å². The summed E-state index contributed by atoms with van der Waals surface area (Å²) < 4.78 is 38.9. The molecule has 0 aliphatic rings. The predicted octanol–water partition coefficient (Wildman–Crippen LogP) is 2.90. The average Bonchev–Trinajstić information content (AvgIpc) is 2.43. The topological polar surface area (TPSA) is 54.4 Å². The summed E-state index contributed by atoms with van der Waals surface area (Å²) in [5.41, 5.74) is 1.05. The summed E-state index contributed by atoms with van der Waals surface area (Å²) in [6.07, 6.45) is -0.209. The van der Waals surface area contributed by atoms with Crippen LogP contribution in [0.15, 0.2) is 47.4 Å². The molecule has 110 valence electrons. The van der Waals surface area contributed by atoms with Crippen LogP contribution in [-0.4, -0.2) is 15.3 Å². The minimum Gasteiger partial charge on any atom is -0.481 e. The molecular formula is C15H12F2O3S. The predicted molar refractivity (Wildman–Crippen MR) is 74.3 cm³/mol. The van der Waals surface area contributed by atoms with Crippen LogP contribution in [-0.2, 0) is 27.8 Å². The van der Waals surface area contributed by atoms with Gasteiger partial charge >= 0.3 is 5.97 Å². The second kappa shape index (κ2) is 6.58. The Hall–Kier alpha value is -2.08. The molecule has 0 aliphatic carbocycles. The number of hydrogen-bond donors (Lipinski definition) is 1. The van der Waals surface area contributed by atoms with Crippen LogP contribution in [0.5, 0.6) is 0 Å². The van der Waals surface area contributed by atoms with Gasteiger partial charge in [-0.1, -0.05) is 24.3 Å². The molecule has 0 saturated heterocycles. The SMILES string of the molecule is O=C(O)Cc1ccccc1CS(=O)c1cc(F)ccc1F. The van der Waals surface area contributed by atoms with Gasteiger partial charge in [-0.15, -0.1) is 0 Å². The molecule has 0 aromatic heterocycles. The molecule has 2 rings (SSSR count). The van der Waals surface area contributed by atoms with Crippen LogP contribution in [0.25, 0.3) is 0 Å². The van der Waals surface area contributed by atoms with Crippen LogP contribution in [0.1, 0.15) is 11.1 Å². The van der Waals surface area contributed by atoms with Crippen molar-refractivity contribution in [1.29, 1.82) is 0 Å². The minimum absolute atomic E-state index is 0.0656. The molecule has 0 saturated carbocycles. The molecule has 2 aromatic carbocycles. The monoisotopic (exact) mass is 310 g/mol. The Labute approximate surface area is 122 Å². The van der Waals surface area contributed by atoms with E-state index in [1.165, 1.54) is 0 Å². The molecule has 3 nitrogen and oxygen atoms in total. The lowest BCUT2D eigenvalue weighted by molar-refractivity contribution is -0.136. The van der Waals surface area contributed by atoms with Crippen molar-refractivity contribution in [1.82, 2.24) is 0 Å². The maximum atomic E-state index is 13.6. The first kappa shape index (κ1) is 15.3. The zero-order valence-electron chi connectivity index (χ0n) is 10.9. The highest BCUT2D eigenvalue weighted by molar-refractivity contribution is 7.84. The van der Waals surface area contributed by atoms with Gasteiger partial charge in [-0.3, -0.25) is 9.00 Å². The number of rotatable bonds is 5. The molecular weight excluding hydrogens is 298 g/mol. The van der Waals surface area contributed by atoms with Crippen molar-refractivity contribution in [2.24, 2.45) is 0 Å². The van der Waals surface area contributed by atoms with Crippen molar-refractivity contribution < 1.29 is 22.9 Å². The second-order valence-electron chi connectivity index (χ2n) is 4.40. The zero-order chi connectivity index (χ0) is 15.4. The summed E-state index contributed by atoms with van der Waals surface area (Å²) in [4.78, 5) is 10.6. The summed E-state index contributed by atoms with van der Waals surface area (Å²) in [5, 5.41) is 8.84. The maximum Gasteiger partial charge on any atom is 0.307 e. The Morgan fingerprint density at radius 2 is 1.76 bits per heavy atom. The van der Waals surface area contributed by atoms with Crippen molar-refractivity contribution in [3.8, 4) is 0 Å². The van der Waals surface area contributed by atoms with Crippen molar-refractivity contribution in [3.05, 3.63) is 65.2 Å². The van der Waals surface area contributed by atoms with Crippen LogP contribution in [0.2, 0.25) is 0 Å². The highest BCUT2D eigenvalue weighted by Gasteiger charge is 2.14. The van der Waals surface area contributed by atoms with Crippen molar-refractivity contribution in [3.63, 3.8) is 0 Å².